The number of hydrogen-bond donors (Lipinski definition) is 0. The van der Waals surface area contributed by atoms with Gasteiger partial charge in [-0.3, -0.25) is 0 Å². The van der Waals surface area contributed by atoms with Crippen LogP contribution in [0.25, 0.3) is 10.9 Å². The second kappa shape index (κ2) is 3.05. The first kappa shape index (κ1) is 8.05. The summed E-state index contributed by atoms with van der Waals surface area (Å²) in [4.78, 5) is 4.33. The maximum absolute atomic E-state index is 5.05. The zero-order chi connectivity index (χ0) is 9.26. The highest BCUT2D eigenvalue weighted by Crippen LogP contribution is 2.19. The van der Waals surface area contributed by atoms with Crippen LogP contribution in [0.4, 0.5) is 0 Å². The van der Waals surface area contributed by atoms with Crippen molar-refractivity contribution in [2.24, 2.45) is 0 Å². The van der Waals surface area contributed by atoms with Gasteiger partial charge in [-0.2, -0.15) is 0 Å². The molecule has 0 amide bonds. The first-order valence-electron chi connectivity index (χ1n) is 4.21. The monoisotopic (exact) mass is 173 g/mol. The van der Waals surface area contributed by atoms with E-state index in [1.807, 2.05) is 24.3 Å². The van der Waals surface area contributed by atoms with Gasteiger partial charge >= 0.3 is 0 Å². The molecule has 0 saturated carbocycles. The topological polar surface area (TPSA) is 22.1 Å². The second-order valence-electron chi connectivity index (χ2n) is 3.00. The van der Waals surface area contributed by atoms with E-state index in [9.17, 15) is 0 Å². The van der Waals surface area contributed by atoms with Gasteiger partial charge in [0.25, 0.3) is 0 Å². The van der Waals surface area contributed by atoms with Crippen LogP contribution in [0, 0.1) is 6.92 Å². The summed E-state index contributed by atoms with van der Waals surface area (Å²) in [6.07, 6.45) is 0. The van der Waals surface area contributed by atoms with Crippen LogP contribution in [0.3, 0.4) is 0 Å². The molecule has 1 aromatic heterocycles. The Kier molecular flexibility index (Phi) is 1.89. The van der Waals surface area contributed by atoms with Crippen molar-refractivity contribution in [2.75, 3.05) is 7.11 Å². The van der Waals surface area contributed by atoms with E-state index >= 15 is 0 Å². The minimum Gasteiger partial charge on any atom is -0.481 e. The molecule has 0 radical (unpaired) electrons. The van der Waals surface area contributed by atoms with Crippen LogP contribution in [0.5, 0.6) is 5.88 Å². The maximum atomic E-state index is 5.05. The van der Waals surface area contributed by atoms with Crippen LogP contribution in [-0.4, -0.2) is 12.1 Å². The predicted molar refractivity (Wildman–Crippen MR) is 53.0 cm³/mol. The molecule has 0 fully saturated rings. The number of hydrogen-bond acceptors (Lipinski definition) is 2. The third kappa shape index (κ3) is 1.35. The quantitative estimate of drug-likeness (QED) is 0.661. The Morgan fingerprint density at radius 1 is 1.15 bits per heavy atom. The van der Waals surface area contributed by atoms with E-state index in [1.54, 1.807) is 7.11 Å². The molecule has 2 aromatic rings. The van der Waals surface area contributed by atoms with E-state index < -0.39 is 0 Å². The molecule has 0 N–H and O–H groups in total. The molecule has 0 aliphatic rings. The summed E-state index contributed by atoms with van der Waals surface area (Å²) in [5.41, 5.74) is 2.23. The maximum Gasteiger partial charge on any atom is 0.213 e. The van der Waals surface area contributed by atoms with E-state index in [1.165, 1.54) is 10.9 Å². The van der Waals surface area contributed by atoms with Gasteiger partial charge < -0.3 is 4.74 Å². The lowest BCUT2D eigenvalue weighted by molar-refractivity contribution is 0.399. The number of aryl methyl sites for hydroxylation is 1. The highest BCUT2D eigenvalue weighted by molar-refractivity contribution is 5.82. The Bertz CT molecular complexity index is 437. The van der Waals surface area contributed by atoms with Crippen molar-refractivity contribution in [1.29, 1.82) is 0 Å². The lowest BCUT2D eigenvalue weighted by Crippen LogP contribution is -1.88. The summed E-state index contributed by atoms with van der Waals surface area (Å²) in [5.74, 6) is 0.665. The molecule has 1 aromatic carbocycles. The van der Waals surface area contributed by atoms with Crippen LogP contribution in [0.2, 0.25) is 0 Å². The Balaban J connectivity index is 2.72. The van der Waals surface area contributed by atoms with Gasteiger partial charge in [-0.1, -0.05) is 12.1 Å². The van der Waals surface area contributed by atoms with Crippen molar-refractivity contribution in [2.45, 2.75) is 6.92 Å². The van der Waals surface area contributed by atoms with E-state index in [0.29, 0.717) is 5.88 Å². The van der Waals surface area contributed by atoms with Gasteiger partial charge in [-0.05, 0) is 24.6 Å². The third-order valence-corrected chi connectivity index (χ3v) is 2.13. The van der Waals surface area contributed by atoms with Crippen LogP contribution >= 0.6 is 0 Å². The number of benzene rings is 1. The molecule has 2 rings (SSSR count). The van der Waals surface area contributed by atoms with Crippen molar-refractivity contribution in [3.63, 3.8) is 0 Å². The largest absolute Gasteiger partial charge is 0.481 e. The smallest absolute Gasteiger partial charge is 0.213 e. The summed E-state index contributed by atoms with van der Waals surface area (Å²) >= 11 is 0. The average molecular weight is 173 g/mol. The van der Waals surface area contributed by atoms with Crippen molar-refractivity contribution >= 4 is 10.9 Å². The predicted octanol–water partition coefficient (Wildman–Crippen LogP) is 2.55. The number of ether oxygens (including phenoxy) is 1. The second-order valence-corrected chi connectivity index (χ2v) is 3.00. The summed E-state index contributed by atoms with van der Waals surface area (Å²) in [5, 5.41) is 1.18. The first-order valence-corrected chi connectivity index (χ1v) is 4.21. The standard InChI is InChI=1S/C11H11NO/c1-8-4-3-5-10-9(8)6-7-11(12-10)13-2/h3-7H,1-2H3. The molecule has 66 valence electrons. The minimum atomic E-state index is 0.665. The molecule has 0 unspecified atom stereocenters. The fraction of sp³-hybridized carbons (Fsp3) is 0.182. The number of pyridine rings is 1. The number of methoxy groups -OCH3 is 1. The zero-order valence-electron chi connectivity index (χ0n) is 7.74. The molecule has 0 atom stereocenters. The Labute approximate surface area is 77.2 Å². The molecular weight excluding hydrogens is 162 g/mol. The zero-order valence-corrected chi connectivity index (χ0v) is 7.74. The normalized spacial score (nSPS) is 10.3. The highest BCUT2D eigenvalue weighted by atomic mass is 16.5. The van der Waals surface area contributed by atoms with Gasteiger partial charge in [0.1, 0.15) is 0 Å². The van der Waals surface area contributed by atoms with Crippen LogP contribution in [0.1, 0.15) is 5.56 Å². The van der Waals surface area contributed by atoms with Crippen molar-refractivity contribution in [1.82, 2.24) is 4.98 Å². The molecular formula is C11H11NO. The molecule has 2 heteroatoms. The summed E-state index contributed by atoms with van der Waals surface area (Å²) in [6, 6.07) is 10.00. The first-order chi connectivity index (χ1) is 6.31. The van der Waals surface area contributed by atoms with E-state index in [-0.39, 0.29) is 0 Å². The van der Waals surface area contributed by atoms with E-state index in [4.69, 9.17) is 4.74 Å². The molecule has 0 bridgehead atoms. The molecule has 1 heterocycles. The van der Waals surface area contributed by atoms with Gasteiger partial charge in [0.15, 0.2) is 0 Å². The van der Waals surface area contributed by atoms with Crippen LogP contribution < -0.4 is 4.74 Å². The lowest BCUT2D eigenvalue weighted by Gasteiger charge is -2.02. The lowest BCUT2D eigenvalue weighted by atomic mass is 10.1. The van der Waals surface area contributed by atoms with Crippen LogP contribution in [0.15, 0.2) is 30.3 Å². The SMILES string of the molecule is COc1ccc2c(C)cccc2n1. The van der Waals surface area contributed by atoms with Gasteiger partial charge in [0.2, 0.25) is 5.88 Å². The van der Waals surface area contributed by atoms with Gasteiger partial charge in [0, 0.05) is 11.5 Å². The Morgan fingerprint density at radius 2 is 2.00 bits per heavy atom. The molecule has 2 nitrogen and oxygen atoms in total. The van der Waals surface area contributed by atoms with Crippen molar-refractivity contribution in [3.8, 4) is 5.88 Å². The van der Waals surface area contributed by atoms with Gasteiger partial charge in [0.05, 0.1) is 12.6 Å². The number of nitrogens with zero attached hydrogens (tertiary/aromatic N) is 1. The minimum absolute atomic E-state index is 0.665. The average Bonchev–Trinajstić information content (AvgIpc) is 2.18. The fourth-order valence-corrected chi connectivity index (χ4v) is 1.40. The molecule has 0 aliphatic heterocycles. The van der Waals surface area contributed by atoms with Gasteiger partial charge in [-0.15, -0.1) is 0 Å². The van der Waals surface area contributed by atoms with E-state index in [0.717, 1.165) is 5.52 Å². The van der Waals surface area contributed by atoms with Crippen molar-refractivity contribution < 1.29 is 4.74 Å². The summed E-state index contributed by atoms with van der Waals surface area (Å²) in [7, 11) is 1.63. The van der Waals surface area contributed by atoms with E-state index in [2.05, 4.69) is 18.0 Å². The summed E-state index contributed by atoms with van der Waals surface area (Å²) < 4.78 is 5.05. The third-order valence-electron chi connectivity index (χ3n) is 2.13. The molecule has 0 aliphatic carbocycles. The molecule has 0 saturated heterocycles. The molecule has 13 heavy (non-hydrogen) atoms. The fourth-order valence-electron chi connectivity index (χ4n) is 1.40. The summed E-state index contributed by atoms with van der Waals surface area (Å²) in [6.45, 7) is 2.08. The number of fused-ring (bicyclic) bond motifs is 1. The Morgan fingerprint density at radius 3 is 2.77 bits per heavy atom. The Hall–Kier alpha value is -1.57. The molecule has 0 spiro atoms. The number of rotatable bonds is 1. The highest BCUT2D eigenvalue weighted by Gasteiger charge is 1.98. The number of aromatic nitrogens is 1. The van der Waals surface area contributed by atoms with Gasteiger partial charge in [-0.25, -0.2) is 4.98 Å². The van der Waals surface area contributed by atoms with Crippen LogP contribution in [-0.2, 0) is 0 Å². The van der Waals surface area contributed by atoms with Crippen molar-refractivity contribution in [3.05, 3.63) is 35.9 Å².